The fraction of sp³-hybridized carbons (Fsp3) is 0.375. The number of aryl methyl sites for hydroxylation is 2. The van der Waals surface area contributed by atoms with Crippen LogP contribution in [0.5, 0.6) is 0 Å². The molecule has 0 amide bonds. The Hall–Kier alpha value is -1.70. The summed E-state index contributed by atoms with van der Waals surface area (Å²) in [6, 6.07) is 8.57. The van der Waals surface area contributed by atoms with E-state index in [9.17, 15) is 0 Å². The van der Waals surface area contributed by atoms with E-state index >= 15 is 0 Å². The largest absolute Gasteiger partial charge is 0.236 e. The molecule has 1 heterocycles. The van der Waals surface area contributed by atoms with E-state index in [1.807, 2.05) is 20.0 Å². The van der Waals surface area contributed by atoms with Gasteiger partial charge < -0.3 is 0 Å². The van der Waals surface area contributed by atoms with Crippen molar-refractivity contribution in [3.05, 3.63) is 47.3 Å². The lowest BCUT2D eigenvalue weighted by Crippen LogP contribution is -1.96. The lowest BCUT2D eigenvalue weighted by Gasteiger charge is -2.07. The standard InChI is InChI=1S/C16H20N2/c1-11(2)9-14-5-7-15(8-6-14)16-17-10-12(3)13(4)18-16/h5-8,10-11H,9H2,1-4H3. The lowest BCUT2D eigenvalue weighted by atomic mass is 10.0. The number of benzene rings is 1. The minimum atomic E-state index is 0.689. The molecule has 0 N–H and O–H groups in total. The molecule has 94 valence electrons. The van der Waals surface area contributed by atoms with Crippen LogP contribution in [-0.4, -0.2) is 9.97 Å². The van der Waals surface area contributed by atoms with Gasteiger partial charge in [-0.15, -0.1) is 0 Å². The SMILES string of the molecule is Cc1cnc(-c2ccc(CC(C)C)cc2)nc1C. The Morgan fingerprint density at radius 1 is 1.06 bits per heavy atom. The van der Waals surface area contributed by atoms with Crippen LogP contribution in [0.25, 0.3) is 11.4 Å². The summed E-state index contributed by atoms with van der Waals surface area (Å²) in [4.78, 5) is 8.91. The van der Waals surface area contributed by atoms with Gasteiger partial charge in [-0.3, -0.25) is 0 Å². The van der Waals surface area contributed by atoms with Gasteiger partial charge in [0.25, 0.3) is 0 Å². The predicted octanol–water partition coefficient (Wildman–Crippen LogP) is 3.96. The van der Waals surface area contributed by atoms with Crippen LogP contribution in [0, 0.1) is 19.8 Å². The maximum atomic E-state index is 4.52. The van der Waals surface area contributed by atoms with Gasteiger partial charge in [0.15, 0.2) is 5.82 Å². The van der Waals surface area contributed by atoms with Gasteiger partial charge in [-0.2, -0.15) is 0 Å². The first-order chi connectivity index (χ1) is 8.56. The molecule has 1 aromatic heterocycles. The quantitative estimate of drug-likeness (QED) is 0.811. The van der Waals surface area contributed by atoms with E-state index < -0.39 is 0 Å². The predicted molar refractivity (Wildman–Crippen MR) is 75.5 cm³/mol. The molecule has 0 aliphatic carbocycles. The summed E-state index contributed by atoms with van der Waals surface area (Å²) in [5, 5.41) is 0. The Morgan fingerprint density at radius 3 is 2.28 bits per heavy atom. The maximum Gasteiger partial charge on any atom is 0.159 e. The third-order valence-corrected chi connectivity index (χ3v) is 3.08. The monoisotopic (exact) mass is 240 g/mol. The van der Waals surface area contributed by atoms with E-state index in [1.54, 1.807) is 0 Å². The van der Waals surface area contributed by atoms with Crippen molar-refractivity contribution in [2.24, 2.45) is 5.92 Å². The van der Waals surface area contributed by atoms with E-state index in [1.165, 1.54) is 5.56 Å². The highest BCUT2D eigenvalue weighted by molar-refractivity contribution is 5.55. The third kappa shape index (κ3) is 2.95. The van der Waals surface area contributed by atoms with Crippen molar-refractivity contribution in [3.8, 4) is 11.4 Å². The molecule has 1 aromatic carbocycles. The smallest absolute Gasteiger partial charge is 0.159 e. The van der Waals surface area contributed by atoms with Gasteiger partial charge in [0.2, 0.25) is 0 Å². The molecule has 0 fully saturated rings. The van der Waals surface area contributed by atoms with Crippen LogP contribution in [0.2, 0.25) is 0 Å². The van der Waals surface area contributed by atoms with Crippen molar-refractivity contribution in [2.45, 2.75) is 34.1 Å². The molecular formula is C16H20N2. The zero-order chi connectivity index (χ0) is 13.1. The van der Waals surface area contributed by atoms with Gasteiger partial charge in [0, 0.05) is 17.5 Å². The molecular weight excluding hydrogens is 220 g/mol. The average molecular weight is 240 g/mol. The number of rotatable bonds is 3. The highest BCUT2D eigenvalue weighted by Gasteiger charge is 2.04. The Labute approximate surface area is 109 Å². The zero-order valence-corrected chi connectivity index (χ0v) is 11.6. The summed E-state index contributed by atoms with van der Waals surface area (Å²) in [6.45, 7) is 8.53. The molecule has 0 bridgehead atoms. The molecule has 0 spiro atoms. The van der Waals surface area contributed by atoms with E-state index in [4.69, 9.17) is 0 Å². The van der Waals surface area contributed by atoms with Crippen molar-refractivity contribution in [3.63, 3.8) is 0 Å². The summed E-state index contributed by atoms with van der Waals surface area (Å²) in [7, 11) is 0. The molecule has 2 nitrogen and oxygen atoms in total. The molecule has 2 aromatic rings. The van der Waals surface area contributed by atoms with Crippen LogP contribution < -0.4 is 0 Å². The average Bonchev–Trinajstić information content (AvgIpc) is 2.33. The Morgan fingerprint density at radius 2 is 1.72 bits per heavy atom. The first-order valence-electron chi connectivity index (χ1n) is 6.46. The van der Waals surface area contributed by atoms with Crippen molar-refractivity contribution >= 4 is 0 Å². The van der Waals surface area contributed by atoms with Gasteiger partial charge in [0.1, 0.15) is 0 Å². The molecule has 0 atom stereocenters. The summed E-state index contributed by atoms with van der Waals surface area (Å²) in [6.07, 6.45) is 3.01. The van der Waals surface area contributed by atoms with Crippen LogP contribution in [0.3, 0.4) is 0 Å². The molecule has 2 rings (SSSR count). The minimum Gasteiger partial charge on any atom is -0.236 e. The Balaban J connectivity index is 2.25. The maximum absolute atomic E-state index is 4.52. The second kappa shape index (κ2) is 5.30. The summed E-state index contributed by atoms with van der Waals surface area (Å²) in [5.41, 5.74) is 4.64. The second-order valence-corrected chi connectivity index (χ2v) is 5.26. The molecule has 0 aliphatic heterocycles. The second-order valence-electron chi connectivity index (χ2n) is 5.26. The summed E-state index contributed by atoms with van der Waals surface area (Å²) < 4.78 is 0. The van der Waals surface area contributed by atoms with E-state index in [-0.39, 0.29) is 0 Å². The fourth-order valence-corrected chi connectivity index (χ4v) is 1.93. The molecule has 0 aliphatic rings. The first kappa shape index (κ1) is 12.7. The highest BCUT2D eigenvalue weighted by atomic mass is 14.9. The molecule has 0 saturated heterocycles. The summed E-state index contributed by atoms with van der Waals surface area (Å²) in [5.74, 6) is 1.50. The van der Waals surface area contributed by atoms with Crippen LogP contribution >= 0.6 is 0 Å². The zero-order valence-electron chi connectivity index (χ0n) is 11.6. The van der Waals surface area contributed by atoms with Crippen molar-refractivity contribution in [1.29, 1.82) is 0 Å². The van der Waals surface area contributed by atoms with Gasteiger partial charge >= 0.3 is 0 Å². The van der Waals surface area contributed by atoms with Crippen LogP contribution in [0.1, 0.15) is 30.7 Å². The molecule has 18 heavy (non-hydrogen) atoms. The fourth-order valence-electron chi connectivity index (χ4n) is 1.93. The van der Waals surface area contributed by atoms with Crippen LogP contribution in [-0.2, 0) is 6.42 Å². The number of hydrogen-bond donors (Lipinski definition) is 0. The summed E-state index contributed by atoms with van der Waals surface area (Å²) >= 11 is 0. The normalized spacial score (nSPS) is 10.9. The van der Waals surface area contributed by atoms with Crippen molar-refractivity contribution in [2.75, 3.05) is 0 Å². The number of hydrogen-bond acceptors (Lipinski definition) is 2. The van der Waals surface area contributed by atoms with Gasteiger partial charge in [-0.05, 0) is 37.3 Å². The van der Waals surface area contributed by atoms with Crippen LogP contribution in [0.4, 0.5) is 0 Å². The molecule has 0 radical (unpaired) electrons. The van der Waals surface area contributed by atoms with Gasteiger partial charge in [-0.1, -0.05) is 38.1 Å². The molecule has 2 heteroatoms. The first-order valence-corrected chi connectivity index (χ1v) is 6.46. The van der Waals surface area contributed by atoms with E-state index in [0.29, 0.717) is 5.92 Å². The van der Waals surface area contributed by atoms with Gasteiger partial charge in [0.05, 0.1) is 0 Å². The van der Waals surface area contributed by atoms with Crippen molar-refractivity contribution in [1.82, 2.24) is 9.97 Å². The van der Waals surface area contributed by atoms with Crippen molar-refractivity contribution < 1.29 is 0 Å². The van der Waals surface area contributed by atoms with E-state index in [0.717, 1.165) is 29.1 Å². The number of nitrogens with zero attached hydrogens (tertiary/aromatic N) is 2. The number of aromatic nitrogens is 2. The Kier molecular flexibility index (Phi) is 3.75. The van der Waals surface area contributed by atoms with E-state index in [2.05, 4.69) is 48.1 Å². The minimum absolute atomic E-state index is 0.689. The Bertz CT molecular complexity index is 527. The molecule has 0 unspecified atom stereocenters. The lowest BCUT2D eigenvalue weighted by molar-refractivity contribution is 0.647. The third-order valence-electron chi connectivity index (χ3n) is 3.08. The topological polar surface area (TPSA) is 25.8 Å². The van der Waals surface area contributed by atoms with Gasteiger partial charge in [-0.25, -0.2) is 9.97 Å². The van der Waals surface area contributed by atoms with Crippen LogP contribution in [0.15, 0.2) is 30.5 Å². The highest BCUT2D eigenvalue weighted by Crippen LogP contribution is 2.18. The molecule has 0 saturated carbocycles.